The van der Waals surface area contributed by atoms with E-state index in [2.05, 4.69) is 20.8 Å². The Morgan fingerprint density at radius 2 is 2.14 bits per heavy atom. The van der Waals surface area contributed by atoms with Crippen molar-refractivity contribution in [3.63, 3.8) is 0 Å². The number of rotatable bonds is 6. The standard InChI is InChI=1S/C13H19N5O2S/c1-4-21(19,20)8-11(3)15-12-6-5-10(2)13(7-12)18-9-14-16-17-18/h5-7,9,11,15H,4,8H2,1-3H3. The Kier molecular flexibility index (Phi) is 4.56. The smallest absolute Gasteiger partial charge is 0.152 e. The second-order valence-electron chi connectivity index (χ2n) is 5.00. The largest absolute Gasteiger partial charge is 0.382 e. The van der Waals surface area contributed by atoms with Crippen LogP contribution in [0.3, 0.4) is 0 Å². The highest BCUT2D eigenvalue weighted by Gasteiger charge is 2.14. The van der Waals surface area contributed by atoms with Crippen molar-refractivity contribution in [2.75, 3.05) is 16.8 Å². The first-order valence-electron chi connectivity index (χ1n) is 6.72. The SMILES string of the molecule is CCS(=O)(=O)CC(C)Nc1ccc(C)c(-n2cnnn2)c1. The van der Waals surface area contributed by atoms with Crippen molar-refractivity contribution in [3.05, 3.63) is 30.1 Å². The summed E-state index contributed by atoms with van der Waals surface area (Å²) < 4.78 is 24.9. The summed E-state index contributed by atoms with van der Waals surface area (Å²) in [6.07, 6.45) is 1.52. The van der Waals surface area contributed by atoms with Gasteiger partial charge in [-0.05, 0) is 42.0 Å². The molecule has 1 aromatic carbocycles. The molecule has 2 rings (SSSR count). The molecule has 0 aliphatic heterocycles. The second kappa shape index (κ2) is 6.21. The number of nitrogens with zero attached hydrogens (tertiary/aromatic N) is 4. The number of benzene rings is 1. The monoisotopic (exact) mass is 309 g/mol. The molecule has 0 saturated carbocycles. The van der Waals surface area contributed by atoms with Crippen molar-refractivity contribution in [2.45, 2.75) is 26.8 Å². The van der Waals surface area contributed by atoms with E-state index in [0.717, 1.165) is 16.9 Å². The highest BCUT2D eigenvalue weighted by molar-refractivity contribution is 7.91. The molecular weight excluding hydrogens is 290 g/mol. The highest BCUT2D eigenvalue weighted by Crippen LogP contribution is 2.19. The molecule has 8 heteroatoms. The zero-order valence-corrected chi connectivity index (χ0v) is 13.1. The topological polar surface area (TPSA) is 89.8 Å². The van der Waals surface area contributed by atoms with Crippen molar-refractivity contribution in [2.24, 2.45) is 0 Å². The molecule has 0 fully saturated rings. The van der Waals surface area contributed by atoms with Crippen LogP contribution in [-0.4, -0.2) is 46.2 Å². The fourth-order valence-corrected chi connectivity index (χ4v) is 3.12. The average molecular weight is 309 g/mol. The third-order valence-corrected chi connectivity index (χ3v) is 5.05. The lowest BCUT2D eigenvalue weighted by molar-refractivity contribution is 0.593. The molecule has 1 unspecified atom stereocenters. The van der Waals surface area contributed by atoms with Crippen molar-refractivity contribution < 1.29 is 8.42 Å². The lowest BCUT2D eigenvalue weighted by Gasteiger charge is -2.16. The third-order valence-electron chi connectivity index (χ3n) is 3.16. The second-order valence-corrected chi connectivity index (χ2v) is 7.40. The van der Waals surface area contributed by atoms with E-state index in [1.807, 2.05) is 32.0 Å². The number of tetrazole rings is 1. The minimum absolute atomic E-state index is 0.109. The first-order chi connectivity index (χ1) is 9.91. The summed E-state index contributed by atoms with van der Waals surface area (Å²) in [6.45, 7) is 5.47. The van der Waals surface area contributed by atoms with Gasteiger partial charge in [0.05, 0.1) is 11.4 Å². The number of sulfone groups is 1. The van der Waals surface area contributed by atoms with E-state index in [4.69, 9.17) is 0 Å². The van der Waals surface area contributed by atoms with Gasteiger partial charge in [-0.25, -0.2) is 13.1 Å². The predicted molar refractivity (Wildman–Crippen MR) is 81.3 cm³/mol. The zero-order chi connectivity index (χ0) is 15.5. The molecular formula is C13H19N5O2S. The van der Waals surface area contributed by atoms with Crippen molar-refractivity contribution in [3.8, 4) is 5.69 Å². The maximum Gasteiger partial charge on any atom is 0.152 e. The minimum atomic E-state index is -3.00. The molecule has 0 saturated heterocycles. The predicted octanol–water partition coefficient (Wildman–Crippen LogP) is 1.21. The summed E-state index contributed by atoms with van der Waals surface area (Å²) in [4.78, 5) is 0. The van der Waals surface area contributed by atoms with Crippen LogP contribution in [0.5, 0.6) is 0 Å². The van der Waals surface area contributed by atoms with Crippen LogP contribution in [0.15, 0.2) is 24.5 Å². The van der Waals surface area contributed by atoms with Crippen LogP contribution in [-0.2, 0) is 9.84 Å². The first-order valence-corrected chi connectivity index (χ1v) is 8.54. The molecule has 21 heavy (non-hydrogen) atoms. The molecule has 0 radical (unpaired) electrons. The van der Waals surface area contributed by atoms with E-state index in [0.29, 0.717) is 0 Å². The summed E-state index contributed by atoms with van der Waals surface area (Å²) in [7, 11) is -3.00. The van der Waals surface area contributed by atoms with Gasteiger partial charge in [0.15, 0.2) is 9.84 Å². The molecule has 1 heterocycles. The van der Waals surface area contributed by atoms with Crippen LogP contribution in [0.2, 0.25) is 0 Å². The summed E-state index contributed by atoms with van der Waals surface area (Å²) in [6, 6.07) is 5.60. The zero-order valence-electron chi connectivity index (χ0n) is 12.3. The van der Waals surface area contributed by atoms with E-state index in [9.17, 15) is 8.42 Å². The van der Waals surface area contributed by atoms with Gasteiger partial charge in [0.25, 0.3) is 0 Å². The van der Waals surface area contributed by atoms with E-state index in [-0.39, 0.29) is 17.5 Å². The van der Waals surface area contributed by atoms with Crippen LogP contribution >= 0.6 is 0 Å². The van der Waals surface area contributed by atoms with Crippen LogP contribution in [0.4, 0.5) is 5.69 Å². The van der Waals surface area contributed by atoms with Crippen LogP contribution in [0, 0.1) is 6.92 Å². The Balaban J connectivity index is 2.17. The molecule has 0 bridgehead atoms. The van der Waals surface area contributed by atoms with Gasteiger partial charge >= 0.3 is 0 Å². The molecule has 114 valence electrons. The van der Waals surface area contributed by atoms with Gasteiger partial charge < -0.3 is 5.32 Å². The molecule has 0 aliphatic carbocycles. The molecule has 0 spiro atoms. The fourth-order valence-electron chi connectivity index (χ4n) is 2.04. The Morgan fingerprint density at radius 1 is 1.38 bits per heavy atom. The number of nitrogens with one attached hydrogen (secondary N) is 1. The van der Waals surface area contributed by atoms with Gasteiger partial charge in [-0.2, -0.15) is 0 Å². The Labute approximate surface area is 124 Å². The Morgan fingerprint density at radius 3 is 2.76 bits per heavy atom. The minimum Gasteiger partial charge on any atom is -0.382 e. The van der Waals surface area contributed by atoms with E-state index in [1.165, 1.54) is 6.33 Å². The van der Waals surface area contributed by atoms with Gasteiger partial charge in [0.2, 0.25) is 0 Å². The van der Waals surface area contributed by atoms with Crippen molar-refractivity contribution >= 4 is 15.5 Å². The molecule has 2 aromatic rings. The van der Waals surface area contributed by atoms with Crippen molar-refractivity contribution in [1.29, 1.82) is 0 Å². The third kappa shape index (κ3) is 4.01. The van der Waals surface area contributed by atoms with Gasteiger partial charge in [-0.1, -0.05) is 13.0 Å². The van der Waals surface area contributed by atoms with Crippen LogP contribution < -0.4 is 5.32 Å². The average Bonchev–Trinajstić information content (AvgIpc) is 2.94. The van der Waals surface area contributed by atoms with Gasteiger partial charge in [0, 0.05) is 17.5 Å². The lowest BCUT2D eigenvalue weighted by atomic mass is 10.1. The normalized spacial score (nSPS) is 13.1. The summed E-state index contributed by atoms with van der Waals surface area (Å²) in [5.74, 6) is 0.264. The van der Waals surface area contributed by atoms with Gasteiger partial charge in [0.1, 0.15) is 6.33 Å². The highest BCUT2D eigenvalue weighted by atomic mass is 32.2. The van der Waals surface area contributed by atoms with Crippen molar-refractivity contribution in [1.82, 2.24) is 20.2 Å². The summed E-state index contributed by atoms with van der Waals surface area (Å²) >= 11 is 0. The van der Waals surface area contributed by atoms with E-state index < -0.39 is 9.84 Å². The van der Waals surface area contributed by atoms with Gasteiger partial charge in [-0.3, -0.25) is 0 Å². The molecule has 1 aromatic heterocycles. The molecule has 1 atom stereocenters. The maximum atomic E-state index is 11.6. The molecule has 0 aliphatic rings. The van der Waals surface area contributed by atoms with E-state index in [1.54, 1.807) is 11.6 Å². The number of hydrogen-bond donors (Lipinski definition) is 1. The fraction of sp³-hybridized carbons (Fsp3) is 0.462. The lowest BCUT2D eigenvalue weighted by Crippen LogP contribution is -2.26. The van der Waals surface area contributed by atoms with E-state index >= 15 is 0 Å². The summed E-state index contributed by atoms with van der Waals surface area (Å²) in [5.41, 5.74) is 2.72. The van der Waals surface area contributed by atoms with Gasteiger partial charge in [-0.15, -0.1) is 5.10 Å². The molecule has 7 nitrogen and oxygen atoms in total. The number of aromatic nitrogens is 4. The van der Waals surface area contributed by atoms with Crippen LogP contribution in [0.25, 0.3) is 5.69 Å². The maximum absolute atomic E-state index is 11.6. The number of anilines is 1. The Bertz CT molecular complexity index is 697. The first kappa shape index (κ1) is 15.4. The Hall–Kier alpha value is -1.96. The van der Waals surface area contributed by atoms with Crippen LogP contribution in [0.1, 0.15) is 19.4 Å². The quantitative estimate of drug-likeness (QED) is 0.862. The summed E-state index contributed by atoms with van der Waals surface area (Å²) in [5, 5.41) is 14.3. The molecule has 1 N–H and O–H groups in total. The number of hydrogen-bond acceptors (Lipinski definition) is 6. The number of aryl methyl sites for hydroxylation is 1. The molecule has 0 amide bonds.